The number of fused-ring (bicyclic) bond motifs is 1. The summed E-state index contributed by atoms with van der Waals surface area (Å²) in [5.74, 6) is -0.935. The molecule has 0 spiro atoms. The van der Waals surface area contributed by atoms with Gasteiger partial charge < -0.3 is 14.9 Å². The van der Waals surface area contributed by atoms with E-state index in [1.165, 1.54) is 22.7 Å². The van der Waals surface area contributed by atoms with Gasteiger partial charge in [0.1, 0.15) is 16.5 Å². The molecule has 0 unspecified atom stereocenters. The number of anilines is 1. The van der Waals surface area contributed by atoms with E-state index in [9.17, 15) is 18.3 Å². The monoisotopic (exact) mass is 483 g/mol. The highest BCUT2D eigenvalue weighted by Crippen LogP contribution is 2.35. The molecule has 0 saturated carbocycles. The molecule has 0 bridgehead atoms. The zero-order valence-electron chi connectivity index (χ0n) is 17.0. The summed E-state index contributed by atoms with van der Waals surface area (Å²) in [5, 5.41) is 27.9. The lowest BCUT2D eigenvalue weighted by atomic mass is 10.2. The van der Waals surface area contributed by atoms with Crippen LogP contribution >= 0.6 is 22.7 Å². The summed E-state index contributed by atoms with van der Waals surface area (Å²) >= 11 is 2.84. The highest BCUT2D eigenvalue weighted by atomic mass is 32.1. The van der Waals surface area contributed by atoms with Crippen LogP contribution in [0, 0.1) is 10.8 Å². The van der Waals surface area contributed by atoms with Crippen molar-refractivity contribution >= 4 is 50.4 Å². The van der Waals surface area contributed by atoms with Crippen molar-refractivity contribution in [2.45, 2.75) is 32.5 Å². The van der Waals surface area contributed by atoms with Crippen LogP contribution in [0.5, 0.6) is 0 Å². The SMILES string of the molecule is CCCc1cc2c(N3CCN(C(=N)C(F)(F)F)C(=N)C3)nc(-c3nc(CO)cs3)nc2s1. The molecule has 8 nitrogen and oxygen atoms in total. The van der Waals surface area contributed by atoms with Gasteiger partial charge in [-0.3, -0.25) is 10.8 Å². The molecule has 4 rings (SSSR count). The van der Waals surface area contributed by atoms with Crippen LogP contribution in [0.1, 0.15) is 23.9 Å². The van der Waals surface area contributed by atoms with Gasteiger partial charge in [-0.25, -0.2) is 15.0 Å². The Kier molecular flexibility index (Phi) is 6.14. The number of aliphatic hydroxyl groups is 1. The fourth-order valence-corrected chi connectivity index (χ4v) is 5.29. The standard InChI is InChI=1S/C19H20F3N7OS2/c1-2-3-11-6-12-15(28-4-5-29(13(23)7-28)18(24)19(20,21)22)26-14(27-16(12)32-11)17-25-10(8-30)9-31-17/h6,9,23-24,30H,2-5,7-8H2,1H3. The molecular weight excluding hydrogens is 463 g/mol. The fourth-order valence-electron chi connectivity index (χ4n) is 3.43. The number of amidine groups is 2. The second kappa shape index (κ2) is 8.71. The quantitative estimate of drug-likeness (QED) is 0.375. The number of halogens is 3. The van der Waals surface area contributed by atoms with Gasteiger partial charge in [0.25, 0.3) is 0 Å². The maximum absolute atomic E-state index is 13.0. The first-order chi connectivity index (χ1) is 15.2. The molecule has 1 aliphatic heterocycles. The van der Waals surface area contributed by atoms with Crippen LogP contribution in [-0.4, -0.2) is 62.4 Å². The van der Waals surface area contributed by atoms with Crippen LogP contribution < -0.4 is 4.90 Å². The van der Waals surface area contributed by atoms with E-state index >= 15 is 0 Å². The number of nitrogens with one attached hydrogen (secondary N) is 2. The molecule has 0 aliphatic carbocycles. The molecule has 0 atom stereocenters. The summed E-state index contributed by atoms with van der Waals surface area (Å²) in [6.07, 6.45) is -2.98. The lowest BCUT2D eigenvalue weighted by Crippen LogP contribution is -2.55. The first kappa shape index (κ1) is 22.6. The van der Waals surface area contributed by atoms with E-state index in [0.717, 1.165) is 27.9 Å². The van der Waals surface area contributed by atoms with E-state index in [1.54, 1.807) is 10.3 Å². The highest BCUT2D eigenvalue weighted by Gasteiger charge is 2.41. The van der Waals surface area contributed by atoms with E-state index in [0.29, 0.717) is 27.2 Å². The number of aliphatic hydroxyl groups excluding tert-OH is 1. The first-order valence-corrected chi connectivity index (χ1v) is 11.5. The zero-order chi connectivity index (χ0) is 23.0. The normalized spacial score (nSPS) is 15.1. The molecule has 0 radical (unpaired) electrons. The largest absolute Gasteiger partial charge is 0.449 e. The van der Waals surface area contributed by atoms with E-state index in [4.69, 9.17) is 10.8 Å². The van der Waals surface area contributed by atoms with E-state index < -0.39 is 12.0 Å². The molecule has 0 amide bonds. The van der Waals surface area contributed by atoms with Crippen molar-refractivity contribution in [2.24, 2.45) is 0 Å². The molecule has 32 heavy (non-hydrogen) atoms. The average molecular weight is 484 g/mol. The Hall–Kier alpha value is -2.64. The van der Waals surface area contributed by atoms with Gasteiger partial charge in [-0.15, -0.1) is 22.7 Å². The van der Waals surface area contributed by atoms with Gasteiger partial charge in [-0.1, -0.05) is 13.3 Å². The number of rotatable bonds is 5. The molecule has 0 aromatic carbocycles. The second-order valence-electron chi connectivity index (χ2n) is 7.22. The predicted molar refractivity (Wildman–Crippen MR) is 119 cm³/mol. The van der Waals surface area contributed by atoms with Crippen LogP contribution in [0.3, 0.4) is 0 Å². The third kappa shape index (κ3) is 4.32. The molecule has 3 N–H and O–H groups in total. The smallest absolute Gasteiger partial charge is 0.390 e. The molecular formula is C19H20F3N7OS2. The van der Waals surface area contributed by atoms with Crippen LogP contribution in [0.4, 0.5) is 19.0 Å². The van der Waals surface area contributed by atoms with E-state index in [1.807, 2.05) is 6.07 Å². The molecule has 1 fully saturated rings. The minimum Gasteiger partial charge on any atom is -0.390 e. The summed E-state index contributed by atoms with van der Waals surface area (Å²) in [5.41, 5.74) is 0.508. The van der Waals surface area contributed by atoms with Gasteiger partial charge in [-0.05, 0) is 12.5 Å². The van der Waals surface area contributed by atoms with Crippen LogP contribution in [0.15, 0.2) is 11.4 Å². The molecule has 1 saturated heterocycles. The van der Waals surface area contributed by atoms with Gasteiger partial charge in [0.2, 0.25) is 5.84 Å². The number of thiophene rings is 1. The van der Waals surface area contributed by atoms with Crippen LogP contribution in [0.2, 0.25) is 0 Å². The molecule has 3 aromatic rings. The van der Waals surface area contributed by atoms with E-state index in [2.05, 4.69) is 21.9 Å². The summed E-state index contributed by atoms with van der Waals surface area (Å²) in [7, 11) is 0. The predicted octanol–water partition coefficient (Wildman–Crippen LogP) is 3.90. The summed E-state index contributed by atoms with van der Waals surface area (Å²) in [6.45, 7) is 1.80. The van der Waals surface area contributed by atoms with Gasteiger partial charge in [0.15, 0.2) is 10.8 Å². The summed E-state index contributed by atoms with van der Waals surface area (Å²) in [6, 6.07) is 2.00. The van der Waals surface area contributed by atoms with Gasteiger partial charge in [-0.2, -0.15) is 13.2 Å². The Bertz CT molecular complexity index is 1170. The Morgan fingerprint density at radius 1 is 1.25 bits per heavy atom. The molecule has 4 heterocycles. The van der Waals surface area contributed by atoms with E-state index in [-0.39, 0.29) is 32.1 Å². The minimum atomic E-state index is -4.80. The van der Waals surface area contributed by atoms with Gasteiger partial charge in [0.05, 0.1) is 24.2 Å². The van der Waals surface area contributed by atoms with Crippen molar-refractivity contribution in [1.82, 2.24) is 19.9 Å². The first-order valence-electron chi connectivity index (χ1n) is 9.83. The number of hydrogen-bond donors (Lipinski definition) is 3. The highest BCUT2D eigenvalue weighted by molar-refractivity contribution is 7.18. The Morgan fingerprint density at radius 2 is 2.03 bits per heavy atom. The number of hydrogen-bond acceptors (Lipinski definition) is 9. The number of alkyl halides is 3. The van der Waals surface area contributed by atoms with Crippen molar-refractivity contribution in [1.29, 1.82) is 10.8 Å². The molecule has 1 aliphatic rings. The van der Waals surface area contributed by atoms with Crippen molar-refractivity contribution < 1.29 is 18.3 Å². The number of aryl methyl sites for hydroxylation is 1. The summed E-state index contributed by atoms with van der Waals surface area (Å²) < 4.78 is 38.9. The second-order valence-corrected chi connectivity index (χ2v) is 9.19. The minimum absolute atomic E-state index is 0.108. The van der Waals surface area contributed by atoms with Crippen molar-refractivity contribution in [3.05, 3.63) is 22.0 Å². The maximum Gasteiger partial charge on any atom is 0.449 e. The van der Waals surface area contributed by atoms with Gasteiger partial charge >= 0.3 is 6.18 Å². The third-order valence-corrected chi connectivity index (χ3v) is 6.90. The third-order valence-electron chi connectivity index (χ3n) is 4.92. The lowest BCUT2D eigenvalue weighted by molar-refractivity contribution is -0.0671. The number of thiazole rings is 1. The molecule has 3 aromatic heterocycles. The van der Waals surface area contributed by atoms with Crippen LogP contribution in [0.25, 0.3) is 21.0 Å². The Balaban J connectivity index is 1.72. The number of piperazine rings is 1. The molecule has 13 heteroatoms. The Morgan fingerprint density at radius 3 is 2.66 bits per heavy atom. The van der Waals surface area contributed by atoms with Crippen molar-refractivity contribution in [2.75, 3.05) is 24.5 Å². The number of aromatic nitrogens is 3. The maximum atomic E-state index is 13.0. The average Bonchev–Trinajstić information content (AvgIpc) is 3.38. The van der Waals surface area contributed by atoms with Crippen molar-refractivity contribution in [3.8, 4) is 10.8 Å². The summed E-state index contributed by atoms with van der Waals surface area (Å²) in [4.78, 5) is 17.9. The lowest BCUT2D eigenvalue weighted by Gasteiger charge is -2.37. The van der Waals surface area contributed by atoms with Crippen LogP contribution in [-0.2, 0) is 13.0 Å². The van der Waals surface area contributed by atoms with Gasteiger partial charge in [0, 0.05) is 23.3 Å². The Labute approximate surface area is 189 Å². The molecule has 170 valence electrons. The topological polar surface area (TPSA) is 113 Å². The van der Waals surface area contributed by atoms with Crippen molar-refractivity contribution in [3.63, 3.8) is 0 Å². The zero-order valence-corrected chi connectivity index (χ0v) is 18.7. The fraction of sp³-hybridized carbons (Fsp3) is 0.421. The number of nitrogens with zero attached hydrogens (tertiary/aromatic N) is 5.